The number of ether oxygens (including phenoxy) is 1. The molecule has 2 saturated heterocycles. The molecule has 1 amide bonds. The topological polar surface area (TPSA) is 93.7 Å². The van der Waals surface area contributed by atoms with E-state index in [1.807, 2.05) is 19.2 Å². The van der Waals surface area contributed by atoms with E-state index in [0.29, 0.717) is 43.5 Å². The highest BCUT2D eigenvalue weighted by Gasteiger charge is 2.39. The lowest BCUT2D eigenvalue weighted by Crippen LogP contribution is -2.46. The number of hydrogen-bond acceptors (Lipinski definition) is 7. The van der Waals surface area contributed by atoms with Crippen LogP contribution in [0.5, 0.6) is 0 Å². The van der Waals surface area contributed by atoms with Crippen LogP contribution >= 0.6 is 11.6 Å². The maximum absolute atomic E-state index is 12.8. The second kappa shape index (κ2) is 10.1. The molecule has 2 aromatic rings. The van der Waals surface area contributed by atoms with Crippen LogP contribution in [-0.2, 0) is 32.5 Å². The maximum atomic E-state index is 12.8. The molecule has 3 aliphatic heterocycles. The number of benzene rings is 1. The Morgan fingerprint density at radius 1 is 1.23 bits per heavy atom. The lowest BCUT2D eigenvalue weighted by atomic mass is 9.73. The summed E-state index contributed by atoms with van der Waals surface area (Å²) in [4.78, 5) is 26.4. The summed E-state index contributed by atoms with van der Waals surface area (Å²) in [5.74, 6) is 2.10. The van der Waals surface area contributed by atoms with E-state index in [0.717, 1.165) is 48.0 Å². The third-order valence-corrected chi connectivity index (χ3v) is 9.24. The number of hydrogen-bond donors (Lipinski definition) is 1. The maximum Gasteiger partial charge on any atom is 0.227 e. The van der Waals surface area contributed by atoms with Crippen LogP contribution in [0.4, 0.5) is 11.8 Å². The van der Waals surface area contributed by atoms with Crippen molar-refractivity contribution in [2.24, 2.45) is 0 Å². The number of rotatable bonds is 6. The molecule has 1 aromatic heterocycles. The third kappa shape index (κ3) is 4.96. The van der Waals surface area contributed by atoms with Crippen LogP contribution in [0, 0.1) is 0 Å². The molecule has 0 radical (unpaired) electrons. The van der Waals surface area contributed by atoms with E-state index >= 15 is 0 Å². The standard InChI is InChI=1S/C25H32ClN5O3S/c1-30-15-19(7-8-21(30)32)27-23-22-20(9-14-35(22)33)28-24(29-23)31-12-10-25(11-13-31,16-34-2)17-3-5-18(26)6-4-17/h3-6,19H,7-16H2,1-2H3,(H,27,28,29)/t19-,35?/m0/s1. The smallest absolute Gasteiger partial charge is 0.227 e. The van der Waals surface area contributed by atoms with Gasteiger partial charge >= 0.3 is 0 Å². The Morgan fingerprint density at radius 2 is 1.97 bits per heavy atom. The zero-order chi connectivity index (χ0) is 24.6. The van der Waals surface area contributed by atoms with Gasteiger partial charge in [-0.1, -0.05) is 23.7 Å². The van der Waals surface area contributed by atoms with Crippen molar-refractivity contribution in [2.75, 3.05) is 56.4 Å². The zero-order valence-electron chi connectivity index (χ0n) is 20.3. The minimum atomic E-state index is -1.10. The molecule has 0 saturated carbocycles. The molecule has 2 atom stereocenters. The van der Waals surface area contributed by atoms with Gasteiger partial charge in [0.15, 0.2) is 5.82 Å². The molecule has 1 unspecified atom stereocenters. The highest BCUT2D eigenvalue weighted by atomic mass is 35.5. The van der Waals surface area contributed by atoms with Gasteiger partial charge < -0.3 is 24.4 Å². The average Bonchev–Trinajstić information content (AvgIpc) is 3.23. The highest BCUT2D eigenvalue weighted by Crippen LogP contribution is 2.39. The SMILES string of the molecule is COCC1(c2ccc(Cl)cc2)CCN(c2nc3c(c(N[C@H]4CCC(=O)N(C)C4)n2)[S+]([O-])CC3)CC1. The molecule has 1 aromatic carbocycles. The quantitative estimate of drug-likeness (QED) is 0.589. The molecule has 8 nitrogen and oxygen atoms in total. The fourth-order valence-corrected chi connectivity index (χ4v) is 6.92. The third-order valence-electron chi connectivity index (χ3n) is 7.52. The van der Waals surface area contributed by atoms with Crippen molar-refractivity contribution in [2.45, 2.75) is 48.5 Å². The van der Waals surface area contributed by atoms with Crippen molar-refractivity contribution in [3.05, 3.63) is 40.5 Å². The molecule has 5 rings (SSSR count). The van der Waals surface area contributed by atoms with Crippen molar-refractivity contribution < 1.29 is 14.1 Å². The number of anilines is 2. The van der Waals surface area contributed by atoms with Crippen molar-refractivity contribution in [3.8, 4) is 0 Å². The van der Waals surface area contributed by atoms with Crippen molar-refractivity contribution in [1.82, 2.24) is 14.9 Å². The number of carbonyl (C=O) groups is 1. The first-order valence-corrected chi connectivity index (χ1v) is 13.9. The molecule has 2 fully saturated rings. The number of likely N-dealkylation sites (tertiary alicyclic amines) is 1. The first kappa shape index (κ1) is 24.6. The Kier molecular flexibility index (Phi) is 7.12. The van der Waals surface area contributed by atoms with Gasteiger partial charge in [-0.05, 0) is 48.1 Å². The van der Waals surface area contributed by atoms with Crippen LogP contribution in [-0.4, -0.2) is 77.5 Å². The van der Waals surface area contributed by atoms with Crippen molar-refractivity contribution in [3.63, 3.8) is 0 Å². The van der Waals surface area contributed by atoms with Gasteiger partial charge in [-0.25, -0.2) is 4.98 Å². The van der Waals surface area contributed by atoms with E-state index in [1.165, 1.54) is 5.56 Å². The molecule has 4 heterocycles. The second-order valence-electron chi connectivity index (χ2n) is 9.81. The molecular formula is C25H32ClN5O3S. The number of piperidine rings is 2. The minimum absolute atomic E-state index is 0.0750. The summed E-state index contributed by atoms with van der Waals surface area (Å²) in [7, 11) is 3.58. The summed E-state index contributed by atoms with van der Waals surface area (Å²) in [6, 6.07) is 8.18. The van der Waals surface area contributed by atoms with Crippen molar-refractivity contribution in [1.29, 1.82) is 0 Å². The molecule has 35 heavy (non-hydrogen) atoms. The Balaban J connectivity index is 1.37. The number of halogens is 1. The number of methoxy groups -OCH3 is 1. The highest BCUT2D eigenvalue weighted by molar-refractivity contribution is 7.91. The molecular weight excluding hydrogens is 486 g/mol. The van der Waals surface area contributed by atoms with Gasteiger partial charge in [0.1, 0.15) is 11.4 Å². The first-order valence-electron chi connectivity index (χ1n) is 12.2. The summed E-state index contributed by atoms with van der Waals surface area (Å²) >= 11 is 5.03. The molecule has 10 heteroatoms. The van der Waals surface area contributed by atoms with E-state index in [1.54, 1.807) is 12.0 Å². The predicted molar refractivity (Wildman–Crippen MR) is 138 cm³/mol. The Morgan fingerprint density at radius 3 is 2.66 bits per heavy atom. The Hall–Kier alpha value is -2.07. The van der Waals surface area contributed by atoms with E-state index in [9.17, 15) is 9.35 Å². The number of nitrogens with one attached hydrogen (secondary N) is 1. The van der Waals surface area contributed by atoms with Crippen LogP contribution in [0.25, 0.3) is 0 Å². The van der Waals surface area contributed by atoms with Crippen LogP contribution < -0.4 is 10.2 Å². The molecule has 188 valence electrons. The van der Waals surface area contributed by atoms with Gasteiger partial charge in [0, 0.05) is 63.1 Å². The fourth-order valence-electron chi connectivity index (χ4n) is 5.48. The van der Waals surface area contributed by atoms with Crippen LogP contribution in [0.3, 0.4) is 0 Å². The Bertz CT molecular complexity index is 1080. The largest absolute Gasteiger partial charge is 0.611 e. The normalized spacial score (nSPS) is 23.9. The van der Waals surface area contributed by atoms with Gasteiger partial charge in [0.05, 0.1) is 6.61 Å². The van der Waals surface area contributed by atoms with Crippen molar-refractivity contribution >= 4 is 40.5 Å². The van der Waals surface area contributed by atoms with E-state index in [-0.39, 0.29) is 17.4 Å². The minimum Gasteiger partial charge on any atom is -0.611 e. The molecule has 0 bridgehead atoms. The van der Waals surface area contributed by atoms with Gasteiger partial charge in [-0.2, -0.15) is 4.98 Å². The van der Waals surface area contributed by atoms with E-state index in [2.05, 4.69) is 22.3 Å². The molecule has 0 spiro atoms. The van der Waals surface area contributed by atoms with Gasteiger partial charge in [-0.3, -0.25) is 4.79 Å². The summed E-state index contributed by atoms with van der Waals surface area (Å²) < 4.78 is 18.4. The number of aryl methyl sites for hydroxylation is 1. The number of amides is 1. The molecule has 1 N–H and O–H groups in total. The summed E-state index contributed by atoms with van der Waals surface area (Å²) in [6.45, 7) is 2.86. The van der Waals surface area contributed by atoms with Gasteiger partial charge in [0.2, 0.25) is 16.8 Å². The number of nitrogens with zero attached hydrogens (tertiary/aromatic N) is 4. The molecule has 0 aliphatic carbocycles. The van der Waals surface area contributed by atoms with Gasteiger partial charge in [0.25, 0.3) is 0 Å². The second-order valence-corrected chi connectivity index (χ2v) is 11.8. The number of fused-ring (bicyclic) bond motifs is 1. The number of aromatic nitrogens is 2. The first-order chi connectivity index (χ1) is 16.9. The van der Waals surface area contributed by atoms with Crippen LogP contribution in [0.15, 0.2) is 29.2 Å². The van der Waals surface area contributed by atoms with Crippen LogP contribution in [0.1, 0.15) is 36.9 Å². The zero-order valence-corrected chi connectivity index (χ0v) is 21.8. The molecule has 3 aliphatic rings. The Labute approximate surface area is 214 Å². The number of carbonyl (C=O) groups excluding carboxylic acids is 1. The van der Waals surface area contributed by atoms with E-state index in [4.69, 9.17) is 26.3 Å². The fraction of sp³-hybridized carbons (Fsp3) is 0.560. The van der Waals surface area contributed by atoms with Crippen LogP contribution in [0.2, 0.25) is 5.02 Å². The monoisotopic (exact) mass is 517 g/mol. The number of likely N-dealkylation sites (N-methyl/N-ethyl adjacent to an activating group) is 1. The lowest BCUT2D eigenvalue weighted by molar-refractivity contribution is -0.132. The van der Waals surface area contributed by atoms with Gasteiger partial charge in [-0.15, -0.1) is 0 Å². The average molecular weight is 518 g/mol. The lowest BCUT2D eigenvalue weighted by Gasteiger charge is -2.42. The summed E-state index contributed by atoms with van der Waals surface area (Å²) in [5.41, 5.74) is 2.04. The predicted octanol–water partition coefficient (Wildman–Crippen LogP) is 3.01. The van der Waals surface area contributed by atoms with E-state index < -0.39 is 11.2 Å². The summed E-state index contributed by atoms with van der Waals surface area (Å²) in [5, 5.41) is 4.25. The summed E-state index contributed by atoms with van der Waals surface area (Å²) in [6.07, 6.45) is 3.77.